The molecule has 0 heterocycles. The Bertz CT molecular complexity index is 6.00. The Morgan fingerprint density at radius 1 is 1.00 bits per heavy atom. The van der Waals surface area contributed by atoms with Crippen LogP contribution in [0.15, 0.2) is 0 Å². The van der Waals surface area contributed by atoms with E-state index in [0.717, 1.165) is 0 Å². The molecule has 0 aliphatic heterocycles. The molecule has 0 bridgehead atoms. The fourth-order valence-corrected chi connectivity index (χ4v) is 0. The summed E-state index contributed by atoms with van der Waals surface area (Å²) in [5.74, 6) is 0. The van der Waals surface area contributed by atoms with Crippen LogP contribution in [-0.2, 0) is 17.1 Å². The Morgan fingerprint density at radius 2 is 1.00 bits per heavy atom. The van der Waals surface area contributed by atoms with Crippen molar-refractivity contribution in [2.24, 2.45) is 0 Å². The Balaban J connectivity index is 0. The van der Waals surface area contributed by atoms with Crippen LogP contribution in [0.2, 0.25) is 0 Å². The van der Waals surface area contributed by atoms with Crippen LogP contribution < -0.4 is 0 Å². The minimum absolute atomic E-state index is 0. The third kappa shape index (κ3) is 8.99. The van der Waals surface area contributed by atoms with Gasteiger partial charge in [-0.3, -0.25) is 0 Å². The van der Waals surface area contributed by atoms with Gasteiger partial charge in [0.15, 0.2) is 0 Å². The van der Waals surface area contributed by atoms with Crippen molar-refractivity contribution < 1.29 is 28.0 Å². The van der Waals surface area contributed by atoms with Gasteiger partial charge in [0.2, 0.25) is 0 Å². The summed E-state index contributed by atoms with van der Waals surface area (Å²) in [6.45, 7) is 0. The van der Waals surface area contributed by atoms with Crippen LogP contribution in [-0.4, -0.2) is 59.8 Å². The molecule has 4 heavy (non-hydrogen) atoms. The second-order valence-electron chi connectivity index (χ2n) is 0. The maximum absolute atomic E-state index is 0. The average molecular weight is 229 g/mol. The van der Waals surface area contributed by atoms with Crippen molar-refractivity contribution in [2.75, 3.05) is 0 Å². The molecule has 0 rings (SSSR count). The minimum atomic E-state index is 0. The van der Waals surface area contributed by atoms with Crippen molar-refractivity contribution in [2.45, 2.75) is 0 Å². The molecule has 4 heteroatoms. The molecule has 0 atom stereocenters. The first-order valence-corrected chi connectivity index (χ1v) is 0. The van der Waals surface area contributed by atoms with Crippen molar-refractivity contribution >= 4 is 48.9 Å². The van der Waals surface area contributed by atoms with Crippen LogP contribution in [0.25, 0.3) is 0 Å². The predicted octanol–water partition coefficient (Wildman–Crippen LogP) is -1.65. The summed E-state index contributed by atoms with van der Waals surface area (Å²) in [5, 5.41) is 0. The molecule has 2 nitrogen and oxygen atoms in total. The van der Waals surface area contributed by atoms with E-state index >= 15 is 0 Å². The first kappa shape index (κ1) is 37.3. The molecule has 26 valence electrons. The Hall–Kier alpha value is 2.01. The molecule has 0 saturated heterocycles. The quantitative estimate of drug-likeness (QED) is 0.459. The van der Waals surface area contributed by atoms with Crippen molar-refractivity contribution in [3.63, 3.8) is 0 Å². The smallest absolute Gasteiger partial charge is 0 e. The van der Waals surface area contributed by atoms with Crippen molar-refractivity contribution in [3.05, 3.63) is 0 Å². The third-order valence-corrected chi connectivity index (χ3v) is 0. The van der Waals surface area contributed by atoms with E-state index in [4.69, 9.17) is 0 Å². The molecular formula is H4BaFeO2. The molecule has 0 amide bonds. The van der Waals surface area contributed by atoms with Crippen LogP contribution in [0.1, 0.15) is 0 Å². The molecule has 0 saturated carbocycles. The van der Waals surface area contributed by atoms with Crippen LogP contribution in [0.4, 0.5) is 0 Å². The van der Waals surface area contributed by atoms with Crippen molar-refractivity contribution in [1.82, 2.24) is 0 Å². The molecule has 3 N–H and O–H groups in total. The summed E-state index contributed by atoms with van der Waals surface area (Å²) in [4.78, 5) is 0. The first-order chi connectivity index (χ1) is 0. The van der Waals surface area contributed by atoms with E-state index in [2.05, 4.69) is 0 Å². The van der Waals surface area contributed by atoms with Gasteiger partial charge in [-0.25, -0.2) is 0 Å². The van der Waals surface area contributed by atoms with Gasteiger partial charge in [-0.05, 0) is 0 Å². The van der Waals surface area contributed by atoms with Gasteiger partial charge >= 0.3 is 48.9 Å². The van der Waals surface area contributed by atoms with E-state index in [0.29, 0.717) is 0 Å². The zero-order valence-electron chi connectivity index (χ0n) is 2.30. The normalized spacial score (nSPS) is 0. The summed E-state index contributed by atoms with van der Waals surface area (Å²) < 4.78 is 0. The maximum Gasteiger partial charge on any atom is 0 e. The summed E-state index contributed by atoms with van der Waals surface area (Å²) in [7, 11) is 0. The Labute approximate surface area is 75.5 Å². The number of rotatable bonds is 0. The van der Waals surface area contributed by atoms with Gasteiger partial charge in [0.1, 0.15) is 0 Å². The van der Waals surface area contributed by atoms with Gasteiger partial charge in [0.05, 0.1) is 0 Å². The summed E-state index contributed by atoms with van der Waals surface area (Å²) >= 11 is 0. The second-order valence-corrected chi connectivity index (χ2v) is 0. The molecule has 0 radical (unpaired) electrons. The fraction of sp³-hybridized carbons (Fsp3) is 0. The van der Waals surface area contributed by atoms with Gasteiger partial charge in [-0.15, -0.1) is 0 Å². The van der Waals surface area contributed by atoms with Crippen LogP contribution >= 0.6 is 0 Å². The zero-order valence-corrected chi connectivity index (χ0v) is 9.69. The summed E-state index contributed by atoms with van der Waals surface area (Å²) in [6.07, 6.45) is 0. The van der Waals surface area contributed by atoms with E-state index in [1.807, 2.05) is 0 Å². The molecular weight excluding hydrogens is 225 g/mol. The van der Waals surface area contributed by atoms with E-state index in [9.17, 15) is 0 Å². The van der Waals surface area contributed by atoms with E-state index < -0.39 is 0 Å². The standard InChI is InChI=1S/Ba.Fe.2H2O.H/h;;2*1H2;/q+1;;;;/p-1. The monoisotopic (exact) mass is 230 g/mol. The van der Waals surface area contributed by atoms with E-state index in [-0.39, 0.29) is 76.9 Å². The number of hydrogen-bond donors (Lipinski definition) is 0. The third-order valence-electron chi connectivity index (χ3n) is 0. The van der Waals surface area contributed by atoms with Gasteiger partial charge < -0.3 is 11.0 Å². The number of hydrogen-bond acceptors (Lipinski definition) is 1. The topological polar surface area (TPSA) is 61.5 Å². The van der Waals surface area contributed by atoms with Gasteiger partial charge in [-0.1, -0.05) is 0 Å². The molecule has 0 aliphatic carbocycles. The molecule has 0 spiro atoms. The molecule has 0 aliphatic rings. The Kier molecular flexibility index (Phi) is 186. The molecule has 0 unspecified atom stereocenters. The fourth-order valence-electron chi connectivity index (χ4n) is 0. The van der Waals surface area contributed by atoms with Gasteiger partial charge in [0, 0.05) is 17.1 Å². The molecule has 0 aromatic rings. The van der Waals surface area contributed by atoms with Crippen LogP contribution in [0, 0.1) is 0 Å². The van der Waals surface area contributed by atoms with Crippen LogP contribution in [0.5, 0.6) is 0 Å². The molecule has 0 aromatic heterocycles. The van der Waals surface area contributed by atoms with Crippen molar-refractivity contribution in [1.29, 1.82) is 0 Å². The zero-order chi connectivity index (χ0) is 0. The molecule has 0 aromatic carbocycles. The Morgan fingerprint density at radius 3 is 1.00 bits per heavy atom. The van der Waals surface area contributed by atoms with E-state index in [1.54, 1.807) is 0 Å². The maximum atomic E-state index is 0. The van der Waals surface area contributed by atoms with Crippen LogP contribution in [0.3, 0.4) is 0 Å². The summed E-state index contributed by atoms with van der Waals surface area (Å²) in [5.41, 5.74) is 0. The first-order valence-electron chi connectivity index (χ1n) is 0. The summed E-state index contributed by atoms with van der Waals surface area (Å²) in [6, 6.07) is 0. The van der Waals surface area contributed by atoms with Crippen molar-refractivity contribution in [3.8, 4) is 0 Å². The molecule has 0 fully saturated rings. The SMILES string of the molecule is O.[BaH+].[Fe].[OH-]. The minimum Gasteiger partial charge on any atom is -0.870 e. The second kappa shape index (κ2) is 19.9. The van der Waals surface area contributed by atoms with Gasteiger partial charge in [0.25, 0.3) is 0 Å². The average Bonchev–Trinajstić information content (AvgIpc) is 0. The largest absolute Gasteiger partial charge is 0.870 e. The van der Waals surface area contributed by atoms with Gasteiger partial charge in [-0.2, -0.15) is 0 Å². The van der Waals surface area contributed by atoms with E-state index in [1.165, 1.54) is 0 Å². The predicted molar refractivity (Wildman–Crippen MR) is 12.7 cm³/mol.